The predicted molar refractivity (Wildman–Crippen MR) is 63.8 cm³/mol. The third-order valence-electron chi connectivity index (χ3n) is 2.35. The molecule has 0 fully saturated rings. The van der Waals surface area contributed by atoms with Crippen LogP contribution in [0.3, 0.4) is 0 Å². The van der Waals surface area contributed by atoms with Gasteiger partial charge in [-0.05, 0) is 12.1 Å². The summed E-state index contributed by atoms with van der Waals surface area (Å²) >= 11 is 1.58. The number of aromatic nitrogens is 3. The van der Waals surface area contributed by atoms with Crippen LogP contribution in [0.2, 0.25) is 0 Å². The Morgan fingerprint density at radius 1 is 1.44 bits per heavy atom. The Hall–Kier alpha value is -1.88. The lowest BCUT2D eigenvalue weighted by Gasteiger charge is -1.94. The molecule has 0 saturated carbocycles. The van der Waals surface area contributed by atoms with Gasteiger partial charge in [0.2, 0.25) is 0 Å². The Balaban J connectivity index is 2.20. The van der Waals surface area contributed by atoms with Crippen LogP contribution in [0, 0.1) is 0 Å². The summed E-state index contributed by atoms with van der Waals surface area (Å²) in [5, 5.41) is 8.17. The number of H-pyrrole nitrogens is 1. The number of ether oxygens (including phenoxy) is 1. The van der Waals surface area contributed by atoms with Gasteiger partial charge in [-0.3, -0.25) is 10.1 Å². The fourth-order valence-corrected chi connectivity index (χ4v) is 2.53. The maximum atomic E-state index is 5.20. The topological polar surface area (TPSA) is 50.8 Å². The van der Waals surface area contributed by atoms with Gasteiger partial charge in [-0.1, -0.05) is 11.3 Å². The van der Waals surface area contributed by atoms with Gasteiger partial charge in [0.25, 0.3) is 0 Å². The molecular weight excluding hydrogens is 222 g/mol. The number of methoxy groups -OCH3 is 1. The highest BCUT2D eigenvalue weighted by Crippen LogP contribution is 2.36. The molecule has 0 aliphatic heterocycles. The molecule has 0 bridgehead atoms. The molecule has 0 atom stereocenters. The highest BCUT2D eigenvalue weighted by Gasteiger charge is 2.11. The van der Waals surface area contributed by atoms with Gasteiger partial charge in [-0.2, -0.15) is 5.10 Å². The van der Waals surface area contributed by atoms with E-state index in [1.54, 1.807) is 24.6 Å². The molecule has 3 heterocycles. The second-order valence-corrected chi connectivity index (χ2v) is 4.34. The zero-order valence-corrected chi connectivity index (χ0v) is 9.41. The van der Waals surface area contributed by atoms with Crippen LogP contribution in [0.25, 0.3) is 21.5 Å². The number of hydrogen-bond acceptors (Lipinski definition) is 4. The fourth-order valence-electron chi connectivity index (χ4n) is 1.59. The normalized spacial score (nSPS) is 10.8. The predicted octanol–water partition coefficient (Wildman–Crippen LogP) is 2.70. The molecule has 4 nitrogen and oxygen atoms in total. The van der Waals surface area contributed by atoms with Gasteiger partial charge in [0.15, 0.2) is 5.06 Å². The van der Waals surface area contributed by atoms with Crippen molar-refractivity contribution in [3.05, 3.63) is 30.6 Å². The van der Waals surface area contributed by atoms with Crippen LogP contribution in [-0.4, -0.2) is 22.3 Å². The first-order valence-electron chi connectivity index (χ1n) is 4.81. The first-order chi connectivity index (χ1) is 7.88. The van der Waals surface area contributed by atoms with E-state index < -0.39 is 0 Å². The van der Waals surface area contributed by atoms with Gasteiger partial charge >= 0.3 is 0 Å². The third kappa shape index (κ3) is 1.37. The number of thiophene rings is 1. The Kier molecular flexibility index (Phi) is 2.11. The quantitative estimate of drug-likeness (QED) is 0.737. The van der Waals surface area contributed by atoms with E-state index in [9.17, 15) is 0 Å². The van der Waals surface area contributed by atoms with Crippen molar-refractivity contribution < 1.29 is 4.74 Å². The molecular formula is C11H9N3OS. The minimum absolute atomic E-state index is 0.883. The highest BCUT2D eigenvalue weighted by molar-refractivity contribution is 7.21. The summed E-state index contributed by atoms with van der Waals surface area (Å²) < 4.78 is 6.31. The Morgan fingerprint density at radius 3 is 3.12 bits per heavy atom. The number of nitrogens with one attached hydrogen (secondary N) is 1. The largest absolute Gasteiger partial charge is 0.487 e. The Bertz CT molecular complexity index is 614. The van der Waals surface area contributed by atoms with Crippen molar-refractivity contribution >= 4 is 21.6 Å². The summed E-state index contributed by atoms with van der Waals surface area (Å²) in [5.41, 5.74) is 2.94. The summed E-state index contributed by atoms with van der Waals surface area (Å²) in [6.07, 6.45) is 3.56. The lowest BCUT2D eigenvalue weighted by atomic mass is 10.2. The highest BCUT2D eigenvalue weighted by atomic mass is 32.1. The number of hydrogen-bond donors (Lipinski definition) is 1. The van der Waals surface area contributed by atoms with Crippen LogP contribution in [0.15, 0.2) is 30.6 Å². The molecule has 0 amide bonds. The average molecular weight is 231 g/mol. The molecule has 0 spiro atoms. The van der Waals surface area contributed by atoms with Crippen LogP contribution in [-0.2, 0) is 0 Å². The summed E-state index contributed by atoms with van der Waals surface area (Å²) in [6, 6.07) is 5.85. The number of fused-ring (bicyclic) bond motifs is 1. The van der Waals surface area contributed by atoms with E-state index in [-0.39, 0.29) is 0 Å². The molecule has 3 rings (SSSR count). The molecule has 3 aromatic rings. The maximum Gasteiger partial charge on any atom is 0.176 e. The lowest BCUT2D eigenvalue weighted by molar-refractivity contribution is 0.427. The molecule has 3 aromatic heterocycles. The molecule has 0 saturated heterocycles. The van der Waals surface area contributed by atoms with Gasteiger partial charge in [-0.15, -0.1) is 0 Å². The number of aromatic amines is 1. The van der Waals surface area contributed by atoms with Gasteiger partial charge in [0, 0.05) is 24.0 Å². The van der Waals surface area contributed by atoms with E-state index in [1.165, 1.54) is 0 Å². The summed E-state index contributed by atoms with van der Waals surface area (Å²) in [6.45, 7) is 0. The Morgan fingerprint density at radius 2 is 2.38 bits per heavy atom. The van der Waals surface area contributed by atoms with Crippen molar-refractivity contribution in [2.45, 2.75) is 0 Å². The van der Waals surface area contributed by atoms with Gasteiger partial charge in [-0.25, -0.2) is 0 Å². The van der Waals surface area contributed by atoms with Crippen LogP contribution in [0.4, 0.5) is 0 Å². The van der Waals surface area contributed by atoms with Crippen molar-refractivity contribution in [2.24, 2.45) is 0 Å². The molecule has 16 heavy (non-hydrogen) atoms. The molecule has 0 radical (unpaired) electrons. The van der Waals surface area contributed by atoms with Crippen LogP contribution in [0.5, 0.6) is 5.06 Å². The second-order valence-electron chi connectivity index (χ2n) is 3.33. The van der Waals surface area contributed by atoms with E-state index in [2.05, 4.69) is 15.2 Å². The van der Waals surface area contributed by atoms with Crippen LogP contribution in [0.1, 0.15) is 0 Å². The van der Waals surface area contributed by atoms with Gasteiger partial charge in [0.1, 0.15) is 5.69 Å². The maximum absolute atomic E-state index is 5.20. The second kappa shape index (κ2) is 3.61. The Labute approximate surface area is 95.9 Å². The molecule has 0 aromatic carbocycles. The summed E-state index contributed by atoms with van der Waals surface area (Å²) in [5.74, 6) is 0. The first-order valence-corrected chi connectivity index (χ1v) is 5.62. The smallest absolute Gasteiger partial charge is 0.176 e. The monoisotopic (exact) mass is 231 g/mol. The standard InChI is InChI=1S/C11H9N3OS/c1-15-9-5-8-11(16-9)10(14-13-8)7-3-2-4-12-6-7/h2-6H,1H3,(H,13,14). The molecule has 0 aliphatic rings. The lowest BCUT2D eigenvalue weighted by Crippen LogP contribution is -1.79. The first kappa shape index (κ1) is 9.35. The summed E-state index contributed by atoms with van der Waals surface area (Å²) in [7, 11) is 1.67. The molecule has 1 N–H and O–H groups in total. The molecule has 80 valence electrons. The average Bonchev–Trinajstić information content (AvgIpc) is 2.88. The molecule has 5 heteroatoms. The van der Waals surface area contributed by atoms with Crippen molar-refractivity contribution in [3.63, 3.8) is 0 Å². The number of nitrogens with zero attached hydrogens (tertiary/aromatic N) is 2. The minimum atomic E-state index is 0.883. The van der Waals surface area contributed by atoms with Crippen LogP contribution < -0.4 is 4.74 Å². The number of rotatable bonds is 2. The molecule has 0 unspecified atom stereocenters. The molecule has 0 aliphatic carbocycles. The van der Waals surface area contributed by atoms with Crippen molar-refractivity contribution in [1.82, 2.24) is 15.2 Å². The third-order valence-corrected chi connectivity index (χ3v) is 3.45. The van der Waals surface area contributed by atoms with Crippen molar-refractivity contribution in [2.75, 3.05) is 7.11 Å². The van der Waals surface area contributed by atoms with Gasteiger partial charge < -0.3 is 4.74 Å². The van der Waals surface area contributed by atoms with Gasteiger partial charge in [0.05, 0.1) is 17.3 Å². The zero-order valence-electron chi connectivity index (χ0n) is 8.60. The number of pyridine rings is 1. The van der Waals surface area contributed by atoms with E-state index >= 15 is 0 Å². The summed E-state index contributed by atoms with van der Waals surface area (Å²) in [4.78, 5) is 4.09. The fraction of sp³-hybridized carbons (Fsp3) is 0.0909. The van der Waals surface area contributed by atoms with Crippen molar-refractivity contribution in [3.8, 4) is 16.3 Å². The minimum Gasteiger partial charge on any atom is -0.487 e. The van der Waals surface area contributed by atoms with E-state index in [4.69, 9.17) is 4.74 Å². The SMILES string of the molecule is COc1cc2[nH]nc(-c3cccnc3)c2s1. The van der Waals surface area contributed by atoms with E-state index in [0.29, 0.717) is 0 Å². The zero-order chi connectivity index (χ0) is 11.0. The van der Waals surface area contributed by atoms with E-state index in [0.717, 1.165) is 26.5 Å². The van der Waals surface area contributed by atoms with E-state index in [1.807, 2.05) is 24.4 Å². The van der Waals surface area contributed by atoms with Crippen molar-refractivity contribution in [1.29, 1.82) is 0 Å². The van der Waals surface area contributed by atoms with Crippen LogP contribution >= 0.6 is 11.3 Å².